The van der Waals surface area contributed by atoms with Crippen LogP contribution in [0.5, 0.6) is 0 Å². The topological polar surface area (TPSA) is 105 Å². The molecule has 1 aliphatic rings. The van der Waals surface area contributed by atoms with E-state index in [1.54, 1.807) is 6.92 Å². The number of carbonyl (C=O) groups excluding carboxylic acids is 4. The summed E-state index contributed by atoms with van der Waals surface area (Å²) in [4.78, 5) is 54.8. The Morgan fingerprint density at radius 2 is 1.51 bits per heavy atom. The molecule has 0 unspecified atom stereocenters. The third-order valence-corrected chi connectivity index (χ3v) is 6.81. The maximum atomic E-state index is 13.6. The lowest BCUT2D eigenvalue weighted by Gasteiger charge is -2.28. The maximum Gasteiger partial charge on any atom is 0.234 e. The Labute approximate surface area is 233 Å². The first-order valence-corrected chi connectivity index (χ1v) is 14.1. The van der Waals surface area contributed by atoms with E-state index in [1.165, 1.54) is 0 Å². The zero-order valence-electron chi connectivity index (χ0n) is 24.3. The summed E-state index contributed by atoms with van der Waals surface area (Å²) in [5, 5.41) is 5.86. The van der Waals surface area contributed by atoms with E-state index in [-0.39, 0.29) is 48.2 Å². The molecule has 2 rings (SSSR count). The fourth-order valence-electron chi connectivity index (χ4n) is 4.78. The summed E-state index contributed by atoms with van der Waals surface area (Å²) < 4.78 is 5.35. The quantitative estimate of drug-likeness (QED) is 0.311. The molecule has 1 aromatic carbocycles. The number of benzene rings is 1. The van der Waals surface area contributed by atoms with Crippen molar-refractivity contribution in [3.63, 3.8) is 0 Å². The van der Waals surface area contributed by atoms with Gasteiger partial charge in [-0.3, -0.25) is 24.1 Å². The molecular weight excluding hydrogens is 494 g/mol. The molecule has 0 radical (unpaired) electrons. The number of nitrogens with zero attached hydrogens (tertiary/aromatic N) is 1. The standard InChI is InChI=1S/C31H47N3O5/c1-21(2)16-26(32-29(36)20-34-12-14-39-15-13-34)28(35)19-25(18-24-10-8-7-9-11-24)31(38)33-27(17-22(3)4)30(37)23(5)6/h7-11,21-22,25-27H,5,12-20H2,1-4,6H3,(H,32,36)(H,33,38)/t25-,26+,27+/m1/s1. The highest BCUT2D eigenvalue weighted by atomic mass is 16.5. The average molecular weight is 542 g/mol. The number of nitrogens with one attached hydrogen (secondary N) is 2. The molecule has 1 fully saturated rings. The van der Waals surface area contributed by atoms with Crippen molar-refractivity contribution in [1.82, 2.24) is 15.5 Å². The SMILES string of the molecule is C=C(C)C(=O)[C@H](CC(C)C)NC(=O)[C@@H](CC(=O)[C@H](CC(C)C)NC(=O)CN1CCOCC1)Cc1ccccc1. The lowest BCUT2D eigenvalue weighted by Crippen LogP contribution is -2.49. The Morgan fingerprint density at radius 1 is 0.923 bits per heavy atom. The van der Waals surface area contributed by atoms with Crippen LogP contribution in [0.2, 0.25) is 0 Å². The van der Waals surface area contributed by atoms with Crippen LogP contribution in [0.1, 0.15) is 59.4 Å². The van der Waals surface area contributed by atoms with E-state index in [1.807, 2.05) is 62.9 Å². The van der Waals surface area contributed by atoms with Crippen molar-refractivity contribution in [3.8, 4) is 0 Å². The average Bonchev–Trinajstić information content (AvgIpc) is 2.87. The summed E-state index contributed by atoms with van der Waals surface area (Å²) in [5.74, 6) is -1.24. The normalized spacial score (nSPS) is 16.4. The Morgan fingerprint density at radius 3 is 2.08 bits per heavy atom. The van der Waals surface area contributed by atoms with E-state index in [0.717, 1.165) is 5.56 Å². The van der Waals surface area contributed by atoms with Gasteiger partial charge in [-0.2, -0.15) is 0 Å². The Balaban J connectivity index is 2.20. The van der Waals surface area contributed by atoms with Crippen molar-refractivity contribution in [2.75, 3.05) is 32.8 Å². The summed E-state index contributed by atoms with van der Waals surface area (Å²) in [6, 6.07) is 8.15. The highest BCUT2D eigenvalue weighted by molar-refractivity contribution is 6.01. The maximum absolute atomic E-state index is 13.6. The van der Waals surface area contributed by atoms with Gasteiger partial charge >= 0.3 is 0 Å². The fraction of sp³-hybridized carbons (Fsp3) is 0.613. The number of hydrogen-bond acceptors (Lipinski definition) is 6. The molecule has 0 saturated carbocycles. The molecule has 1 heterocycles. The number of Topliss-reactive ketones (excluding diaryl/α,β-unsaturated/α-hetero) is 2. The van der Waals surface area contributed by atoms with Gasteiger partial charge in [0.25, 0.3) is 0 Å². The van der Waals surface area contributed by atoms with E-state index in [2.05, 4.69) is 17.2 Å². The van der Waals surface area contributed by atoms with Crippen LogP contribution in [0.3, 0.4) is 0 Å². The molecule has 39 heavy (non-hydrogen) atoms. The van der Waals surface area contributed by atoms with Crippen LogP contribution in [0.25, 0.3) is 0 Å². The lowest BCUT2D eigenvalue weighted by atomic mass is 9.88. The van der Waals surface area contributed by atoms with Crippen molar-refractivity contribution in [1.29, 1.82) is 0 Å². The van der Waals surface area contributed by atoms with Crippen LogP contribution < -0.4 is 10.6 Å². The van der Waals surface area contributed by atoms with E-state index in [9.17, 15) is 19.2 Å². The number of morpholine rings is 1. The van der Waals surface area contributed by atoms with Crippen LogP contribution in [0, 0.1) is 17.8 Å². The van der Waals surface area contributed by atoms with Gasteiger partial charge in [-0.1, -0.05) is 64.6 Å². The van der Waals surface area contributed by atoms with Gasteiger partial charge in [-0.25, -0.2) is 0 Å². The predicted octanol–water partition coefficient (Wildman–Crippen LogP) is 3.34. The van der Waals surface area contributed by atoms with E-state index < -0.39 is 18.0 Å². The first-order valence-electron chi connectivity index (χ1n) is 14.1. The molecular formula is C31H47N3O5. The first kappa shape index (κ1) is 32.4. The minimum Gasteiger partial charge on any atom is -0.379 e. The van der Waals surface area contributed by atoms with E-state index in [4.69, 9.17) is 4.74 Å². The number of ether oxygens (including phenoxy) is 1. The van der Waals surface area contributed by atoms with Crippen molar-refractivity contribution in [2.24, 2.45) is 17.8 Å². The smallest absolute Gasteiger partial charge is 0.234 e. The molecule has 3 atom stereocenters. The molecule has 216 valence electrons. The Hall–Kier alpha value is -2.84. The first-order chi connectivity index (χ1) is 18.5. The van der Waals surface area contributed by atoms with Gasteiger partial charge in [0, 0.05) is 25.4 Å². The molecule has 0 bridgehead atoms. The third kappa shape index (κ3) is 11.8. The van der Waals surface area contributed by atoms with Crippen LogP contribution in [0.15, 0.2) is 42.5 Å². The third-order valence-electron chi connectivity index (χ3n) is 6.81. The molecule has 0 aromatic heterocycles. The second-order valence-electron chi connectivity index (χ2n) is 11.5. The van der Waals surface area contributed by atoms with Crippen molar-refractivity contribution in [3.05, 3.63) is 48.0 Å². The van der Waals surface area contributed by atoms with E-state index >= 15 is 0 Å². The number of amides is 2. The van der Waals surface area contributed by atoms with Gasteiger partial charge in [0.15, 0.2) is 11.6 Å². The summed E-state index contributed by atoms with van der Waals surface area (Å²) in [6.07, 6.45) is 1.28. The molecule has 2 amide bonds. The summed E-state index contributed by atoms with van der Waals surface area (Å²) in [7, 11) is 0. The zero-order chi connectivity index (χ0) is 28.9. The predicted molar refractivity (Wildman–Crippen MR) is 153 cm³/mol. The number of carbonyl (C=O) groups is 4. The zero-order valence-corrected chi connectivity index (χ0v) is 24.3. The van der Waals surface area contributed by atoms with Gasteiger partial charge < -0.3 is 15.4 Å². The lowest BCUT2D eigenvalue weighted by molar-refractivity contribution is -0.133. The fourth-order valence-corrected chi connectivity index (χ4v) is 4.78. The van der Waals surface area contributed by atoms with Crippen LogP contribution in [-0.2, 0) is 30.3 Å². The molecule has 8 nitrogen and oxygen atoms in total. The number of rotatable bonds is 16. The number of ketones is 2. The largest absolute Gasteiger partial charge is 0.379 e. The van der Waals surface area contributed by atoms with Gasteiger partial charge in [0.05, 0.1) is 31.8 Å². The molecule has 0 spiro atoms. The van der Waals surface area contributed by atoms with Gasteiger partial charge in [0.1, 0.15) is 0 Å². The summed E-state index contributed by atoms with van der Waals surface area (Å²) >= 11 is 0. The minimum atomic E-state index is -0.692. The van der Waals surface area contributed by atoms with Gasteiger partial charge in [-0.05, 0) is 49.2 Å². The summed E-state index contributed by atoms with van der Waals surface area (Å²) in [5.41, 5.74) is 1.31. The van der Waals surface area contributed by atoms with Crippen LogP contribution in [-0.4, -0.2) is 73.2 Å². The second kappa shape index (κ2) is 16.3. The van der Waals surface area contributed by atoms with Crippen LogP contribution in [0.4, 0.5) is 0 Å². The van der Waals surface area contributed by atoms with Crippen molar-refractivity contribution in [2.45, 2.75) is 72.4 Å². The molecule has 1 aliphatic heterocycles. The van der Waals surface area contributed by atoms with Crippen molar-refractivity contribution < 1.29 is 23.9 Å². The second-order valence-corrected chi connectivity index (χ2v) is 11.5. The molecule has 2 N–H and O–H groups in total. The summed E-state index contributed by atoms with van der Waals surface area (Å²) in [6.45, 7) is 16.1. The van der Waals surface area contributed by atoms with Crippen molar-refractivity contribution >= 4 is 23.4 Å². The van der Waals surface area contributed by atoms with Gasteiger partial charge in [0.2, 0.25) is 11.8 Å². The van der Waals surface area contributed by atoms with Crippen LogP contribution >= 0.6 is 0 Å². The minimum absolute atomic E-state index is 0.0361. The molecule has 1 saturated heterocycles. The van der Waals surface area contributed by atoms with Gasteiger partial charge in [-0.15, -0.1) is 0 Å². The molecule has 1 aromatic rings. The highest BCUT2D eigenvalue weighted by Gasteiger charge is 2.31. The molecule has 0 aliphatic carbocycles. The number of hydrogen-bond donors (Lipinski definition) is 2. The highest BCUT2D eigenvalue weighted by Crippen LogP contribution is 2.19. The molecule has 8 heteroatoms. The van der Waals surface area contributed by atoms with E-state index in [0.29, 0.717) is 51.1 Å². The monoisotopic (exact) mass is 541 g/mol. The Bertz CT molecular complexity index is 970. The Kier molecular flexibility index (Phi) is 13.5.